The van der Waals surface area contributed by atoms with E-state index in [0.717, 1.165) is 53.3 Å². The van der Waals surface area contributed by atoms with Crippen LogP contribution >= 0.6 is 0 Å². The molecule has 2 aliphatic rings. The molecule has 2 N–H and O–H groups in total. The summed E-state index contributed by atoms with van der Waals surface area (Å²) in [7, 11) is 1.64. The van der Waals surface area contributed by atoms with Crippen LogP contribution in [-0.4, -0.2) is 48.1 Å². The molecule has 0 amide bonds. The Morgan fingerprint density at radius 1 is 1.02 bits per heavy atom. The van der Waals surface area contributed by atoms with E-state index >= 15 is 0 Å². The van der Waals surface area contributed by atoms with E-state index in [1.807, 2.05) is 62.4 Å². The number of hydrogen-bond acceptors (Lipinski definition) is 6. The van der Waals surface area contributed by atoms with Gasteiger partial charge in [-0.05, 0) is 109 Å². The molecule has 0 aromatic heterocycles. The fourth-order valence-corrected chi connectivity index (χ4v) is 6.64. The van der Waals surface area contributed by atoms with E-state index in [-0.39, 0.29) is 30.5 Å². The predicted octanol–water partition coefficient (Wildman–Crippen LogP) is 5.54. The fourth-order valence-electron chi connectivity index (χ4n) is 6.64. The number of methoxy groups -OCH3 is 1. The van der Waals surface area contributed by atoms with E-state index in [0.29, 0.717) is 24.0 Å². The first-order chi connectivity index (χ1) is 19.2. The SMILES string of the molecule is COc1ccc2cc([C@H](C)C(=O)O[C@@H](C)CC[C@@H]3[C@H]4Cc5cccc(OCC(=O)O)c5C[C@H]4C[C@H]3O)ccc2c1. The largest absolute Gasteiger partial charge is 0.497 e. The molecule has 3 aromatic carbocycles. The number of carboxylic acids is 1. The minimum absolute atomic E-state index is 0.137. The van der Waals surface area contributed by atoms with E-state index in [9.17, 15) is 14.7 Å². The minimum Gasteiger partial charge on any atom is -0.497 e. The second-order valence-electron chi connectivity index (χ2n) is 11.4. The second-order valence-corrected chi connectivity index (χ2v) is 11.4. The molecule has 6 atom stereocenters. The smallest absolute Gasteiger partial charge is 0.341 e. The quantitative estimate of drug-likeness (QED) is 0.322. The van der Waals surface area contributed by atoms with Gasteiger partial charge < -0.3 is 24.4 Å². The molecule has 0 heterocycles. The maximum absolute atomic E-state index is 13.0. The zero-order valence-electron chi connectivity index (χ0n) is 23.3. The Morgan fingerprint density at radius 3 is 2.58 bits per heavy atom. The molecule has 7 nitrogen and oxygen atoms in total. The summed E-state index contributed by atoms with van der Waals surface area (Å²) in [5, 5.41) is 22.1. The summed E-state index contributed by atoms with van der Waals surface area (Å²) in [6.07, 6.45) is 3.17. The predicted molar refractivity (Wildman–Crippen MR) is 152 cm³/mol. The number of carbonyl (C=O) groups excluding carboxylic acids is 1. The third-order valence-electron chi connectivity index (χ3n) is 8.85. The maximum Gasteiger partial charge on any atom is 0.341 e. The number of rotatable bonds is 10. The number of fused-ring (bicyclic) bond motifs is 3. The fraction of sp³-hybridized carbons (Fsp3) is 0.455. The van der Waals surface area contributed by atoms with E-state index in [2.05, 4.69) is 6.07 Å². The van der Waals surface area contributed by atoms with Crippen LogP contribution in [0.3, 0.4) is 0 Å². The molecule has 5 rings (SSSR count). The summed E-state index contributed by atoms with van der Waals surface area (Å²) in [6, 6.07) is 17.7. The molecule has 2 aliphatic carbocycles. The van der Waals surface area contributed by atoms with Crippen molar-refractivity contribution in [2.24, 2.45) is 17.8 Å². The van der Waals surface area contributed by atoms with E-state index in [4.69, 9.17) is 19.3 Å². The molecule has 1 saturated carbocycles. The lowest BCUT2D eigenvalue weighted by atomic mass is 9.73. The van der Waals surface area contributed by atoms with Crippen molar-refractivity contribution in [3.8, 4) is 11.5 Å². The lowest BCUT2D eigenvalue weighted by Crippen LogP contribution is -2.28. The zero-order valence-corrected chi connectivity index (χ0v) is 23.3. The number of benzene rings is 3. The molecule has 212 valence electrons. The van der Waals surface area contributed by atoms with E-state index in [1.54, 1.807) is 7.11 Å². The van der Waals surface area contributed by atoms with Gasteiger partial charge in [-0.1, -0.05) is 36.4 Å². The maximum atomic E-state index is 13.0. The highest BCUT2D eigenvalue weighted by Gasteiger charge is 2.45. The standard InChI is InChI=1S/C33H38O7/c1-19(40-33(37)20(2)21-8-9-23-14-26(38-3)11-10-22(23)13-21)7-12-27-28-15-24-5-4-6-31(39-18-32(35)36)29(24)16-25(28)17-30(27)34/h4-6,8-11,13-14,19-20,25,27-28,30,34H,7,12,15-18H2,1-3H3,(H,35,36)/t19-,20-,25-,27+,28-,30+/m0/s1. The Morgan fingerprint density at radius 2 is 1.80 bits per heavy atom. The summed E-state index contributed by atoms with van der Waals surface area (Å²) < 4.78 is 16.7. The first kappa shape index (κ1) is 28.0. The van der Waals surface area contributed by atoms with Crippen molar-refractivity contribution in [1.29, 1.82) is 0 Å². The van der Waals surface area contributed by atoms with Gasteiger partial charge in [0, 0.05) is 0 Å². The molecular weight excluding hydrogens is 508 g/mol. The van der Waals surface area contributed by atoms with Crippen LogP contribution in [0.5, 0.6) is 11.5 Å². The molecular formula is C33H38O7. The summed E-state index contributed by atoms with van der Waals surface area (Å²) in [5.41, 5.74) is 3.16. The van der Waals surface area contributed by atoms with Crippen LogP contribution in [0.1, 0.15) is 55.7 Å². The number of esters is 1. The zero-order chi connectivity index (χ0) is 28.4. The lowest BCUT2D eigenvalue weighted by molar-refractivity contribution is -0.150. The molecule has 0 aliphatic heterocycles. The van der Waals surface area contributed by atoms with Gasteiger partial charge in [-0.2, -0.15) is 0 Å². The average Bonchev–Trinajstić information content (AvgIpc) is 3.25. The van der Waals surface area contributed by atoms with Gasteiger partial charge in [-0.25, -0.2) is 4.79 Å². The molecule has 0 spiro atoms. The van der Waals surface area contributed by atoms with Crippen LogP contribution < -0.4 is 9.47 Å². The number of ether oxygens (including phenoxy) is 3. The topological polar surface area (TPSA) is 102 Å². The molecule has 1 fully saturated rings. The van der Waals surface area contributed by atoms with Crippen molar-refractivity contribution in [3.63, 3.8) is 0 Å². The van der Waals surface area contributed by atoms with Crippen molar-refractivity contribution < 1.29 is 34.0 Å². The van der Waals surface area contributed by atoms with Crippen molar-refractivity contribution in [2.75, 3.05) is 13.7 Å². The second kappa shape index (κ2) is 11.9. The lowest BCUT2D eigenvalue weighted by Gasteiger charge is -2.32. The molecule has 0 bridgehead atoms. The Hall–Kier alpha value is -3.58. The van der Waals surface area contributed by atoms with Gasteiger partial charge in [-0.3, -0.25) is 4.79 Å². The van der Waals surface area contributed by atoms with Crippen molar-refractivity contribution in [1.82, 2.24) is 0 Å². The van der Waals surface area contributed by atoms with Crippen molar-refractivity contribution in [2.45, 2.75) is 64.1 Å². The normalized spacial score (nSPS) is 23.1. The van der Waals surface area contributed by atoms with Crippen molar-refractivity contribution >= 4 is 22.7 Å². The van der Waals surface area contributed by atoms with Crippen LogP contribution in [0.25, 0.3) is 10.8 Å². The third-order valence-corrected chi connectivity index (χ3v) is 8.85. The monoisotopic (exact) mass is 546 g/mol. The molecule has 40 heavy (non-hydrogen) atoms. The van der Waals surface area contributed by atoms with Crippen molar-refractivity contribution in [3.05, 3.63) is 71.3 Å². The first-order valence-corrected chi connectivity index (χ1v) is 14.1. The summed E-state index contributed by atoms with van der Waals surface area (Å²) in [4.78, 5) is 24.0. The number of aliphatic hydroxyl groups excluding tert-OH is 1. The molecule has 0 unspecified atom stereocenters. The third kappa shape index (κ3) is 5.94. The van der Waals surface area contributed by atoms with Gasteiger partial charge in [0.25, 0.3) is 0 Å². The summed E-state index contributed by atoms with van der Waals surface area (Å²) >= 11 is 0. The average molecular weight is 547 g/mol. The van der Waals surface area contributed by atoms with Crippen LogP contribution in [0.15, 0.2) is 54.6 Å². The molecule has 0 radical (unpaired) electrons. The highest BCUT2D eigenvalue weighted by Crippen LogP contribution is 2.48. The van der Waals surface area contributed by atoms with Crippen LogP contribution in [0.2, 0.25) is 0 Å². The van der Waals surface area contributed by atoms with Crippen LogP contribution in [0, 0.1) is 17.8 Å². The van der Waals surface area contributed by atoms with Gasteiger partial charge in [0.05, 0.1) is 25.2 Å². The Kier molecular flexibility index (Phi) is 8.31. The van der Waals surface area contributed by atoms with Gasteiger partial charge in [0.1, 0.15) is 11.5 Å². The molecule has 0 saturated heterocycles. The number of aliphatic hydroxyl groups is 1. The number of hydrogen-bond donors (Lipinski definition) is 2. The number of aliphatic carboxylic acids is 1. The highest BCUT2D eigenvalue weighted by atomic mass is 16.5. The van der Waals surface area contributed by atoms with Crippen LogP contribution in [0.4, 0.5) is 0 Å². The molecule has 7 heteroatoms. The summed E-state index contributed by atoms with van der Waals surface area (Å²) in [6.45, 7) is 3.44. The van der Waals surface area contributed by atoms with E-state index in [1.165, 1.54) is 5.56 Å². The first-order valence-electron chi connectivity index (χ1n) is 14.1. The Labute approximate surface area is 235 Å². The van der Waals surface area contributed by atoms with Crippen LogP contribution in [-0.2, 0) is 27.2 Å². The van der Waals surface area contributed by atoms with Gasteiger partial charge in [0.2, 0.25) is 0 Å². The Balaban J connectivity index is 1.18. The van der Waals surface area contributed by atoms with Gasteiger partial charge in [0.15, 0.2) is 6.61 Å². The Bertz CT molecular complexity index is 1380. The van der Waals surface area contributed by atoms with Gasteiger partial charge >= 0.3 is 11.9 Å². The molecule has 3 aromatic rings. The van der Waals surface area contributed by atoms with E-state index < -0.39 is 12.1 Å². The number of carbonyl (C=O) groups is 2. The number of carboxylic acid groups (broad SMARTS) is 1. The highest BCUT2D eigenvalue weighted by molar-refractivity contribution is 5.86. The van der Waals surface area contributed by atoms with Gasteiger partial charge in [-0.15, -0.1) is 0 Å². The summed E-state index contributed by atoms with van der Waals surface area (Å²) in [5.74, 6) is 0.615. The minimum atomic E-state index is -0.995.